The normalized spacial score (nSPS) is 16.1. The van der Waals surface area contributed by atoms with E-state index in [2.05, 4.69) is 9.97 Å². The number of hydrogen-bond acceptors (Lipinski definition) is 4. The molecule has 3 heterocycles. The van der Waals surface area contributed by atoms with Gasteiger partial charge in [0.2, 0.25) is 5.79 Å². The molecule has 0 bridgehead atoms. The van der Waals surface area contributed by atoms with Gasteiger partial charge in [0.25, 0.3) is 0 Å². The van der Waals surface area contributed by atoms with E-state index in [9.17, 15) is 0 Å². The van der Waals surface area contributed by atoms with Crippen molar-refractivity contribution in [1.29, 1.82) is 0 Å². The van der Waals surface area contributed by atoms with Gasteiger partial charge in [-0.05, 0) is 24.3 Å². The predicted molar refractivity (Wildman–Crippen MR) is 72.4 cm³/mol. The van der Waals surface area contributed by atoms with E-state index >= 15 is 0 Å². The molecule has 0 spiro atoms. The molecule has 1 aromatic carbocycles. The number of aromatic nitrogens is 2. The summed E-state index contributed by atoms with van der Waals surface area (Å²) >= 11 is 0. The highest BCUT2D eigenvalue weighted by Gasteiger charge is 2.35. The monoisotopic (exact) mass is 252 g/mol. The van der Waals surface area contributed by atoms with Crippen LogP contribution in [0.15, 0.2) is 36.7 Å². The largest absolute Gasteiger partial charge is 0.448 e. The summed E-state index contributed by atoms with van der Waals surface area (Å²) in [5.74, 6) is 0.858. The Morgan fingerprint density at radius 3 is 1.79 bits per heavy atom. The number of rotatable bonds is 0. The highest BCUT2D eigenvalue weighted by Crippen LogP contribution is 2.48. The zero-order chi connectivity index (χ0) is 13.0. The van der Waals surface area contributed by atoms with Crippen molar-refractivity contribution < 1.29 is 9.47 Å². The molecule has 0 amide bonds. The molecular weight excluding hydrogens is 240 g/mol. The Kier molecular flexibility index (Phi) is 1.86. The molecule has 0 N–H and O–H groups in total. The quantitative estimate of drug-likeness (QED) is 0.576. The number of hydrogen-bond donors (Lipinski definition) is 0. The number of fused-ring (bicyclic) bond motifs is 6. The molecule has 0 radical (unpaired) electrons. The number of pyridine rings is 2. The van der Waals surface area contributed by atoms with Gasteiger partial charge in [0, 0.05) is 37.0 Å². The lowest BCUT2D eigenvalue weighted by molar-refractivity contribution is -0.0420. The van der Waals surface area contributed by atoms with Crippen LogP contribution in [0, 0.1) is 0 Å². The maximum atomic E-state index is 5.93. The summed E-state index contributed by atoms with van der Waals surface area (Å²) in [6.07, 6.45) is 3.54. The molecule has 2 aromatic heterocycles. The zero-order valence-corrected chi connectivity index (χ0v) is 10.7. The van der Waals surface area contributed by atoms with E-state index < -0.39 is 5.79 Å². The topological polar surface area (TPSA) is 44.2 Å². The minimum absolute atomic E-state index is 0.658. The van der Waals surface area contributed by atoms with Crippen molar-refractivity contribution in [3.05, 3.63) is 36.7 Å². The van der Waals surface area contributed by atoms with E-state index in [0.717, 1.165) is 33.3 Å². The SMILES string of the molecule is CC1(C)Oc2c(c3cccnc3c3ncccc23)O1. The van der Waals surface area contributed by atoms with Crippen LogP contribution < -0.4 is 9.47 Å². The average Bonchev–Trinajstić information content (AvgIpc) is 2.75. The number of benzene rings is 1. The Hall–Kier alpha value is -2.36. The molecule has 0 aliphatic carbocycles. The maximum absolute atomic E-state index is 5.93. The zero-order valence-electron chi connectivity index (χ0n) is 10.7. The van der Waals surface area contributed by atoms with E-state index in [1.54, 1.807) is 12.4 Å². The van der Waals surface area contributed by atoms with Crippen LogP contribution in [0.1, 0.15) is 13.8 Å². The summed E-state index contributed by atoms with van der Waals surface area (Å²) in [6.45, 7) is 3.80. The lowest BCUT2D eigenvalue weighted by Gasteiger charge is -2.16. The van der Waals surface area contributed by atoms with Crippen LogP contribution >= 0.6 is 0 Å². The van der Waals surface area contributed by atoms with Crippen molar-refractivity contribution in [3.8, 4) is 11.5 Å². The molecule has 3 aromatic rings. The van der Waals surface area contributed by atoms with E-state index in [4.69, 9.17) is 9.47 Å². The standard InChI is InChI=1S/C15H12N2O2/c1-15(2)18-13-9-5-3-7-16-11(9)12-10(14(13)19-15)6-4-8-17-12/h3-8H,1-2H3. The Morgan fingerprint density at radius 2 is 1.32 bits per heavy atom. The number of ether oxygens (including phenoxy) is 2. The van der Waals surface area contributed by atoms with E-state index in [0.29, 0.717) is 0 Å². The smallest absolute Gasteiger partial charge is 0.246 e. The predicted octanol–water partition coefficient (Wildman–Crippen LogP) is 3.29. The fraction of sp³-hybridized carbons (Fsp3) is 0.200. The first-order valence-electron chi connectivity index (χ1n) is 6.19. The molecule has 0 atom stereocenters. The number of nitrogens with zero attached hydrogens (tertiary/aromatic N) is 2. The van der Waals surface area contributed by atoms with Gasteiger partial charge < -0.3 is 9.47 Å². The minimum atomic E-state index is -0.658. The molecule has 1 aliphatic rings. The van der Waals surface area contributed by atoms with Gasteiger partial charge in [-0.25, -0.2) is 0 Å². The fourth-order valence-electron chi connectivity index (χ4n) is 2.51. The molecule has 0 fully saturated rings. The summed E-state index contributed by atoms with van der Waals surface area (Å²) in [6, 6.07) is 7.76. The van der Waals surface area contributed by atoms with Crippen LogP contribution in [-0.2, 0) is 0 Å². The van der Waals surface area contributed by atoms with Gasteiger partial charge in [-0.3, -0.25) is 9.97 Å². The van der Waals surface area contributed by atoms with Gasteiger partial charge in [0.1, 0.15) is 11.0 Å². The van der Waals surface area contributed by atoms with Crippen molar-refractivity contribution in [2.45, 2.75) is 19.6 Å². The van der Waals surface area contributed by atoms with Gasteiger partial charge in [-0.1, -0.05) is 0 Å². The van der Waals surface area contributed by atoms with Crippen LogP contribution in [0.3, 0.4) is 0 Å². The van der Waals surface area contributed by atoms with Crippen LogP contribution in [0.4, 0.5) is 0 Å². The molecule has 4 nitrogen and oxygen atoms in total. The van der Waals surface area contributed by atoms with Gasteiger partial charge in [-0.2, -0.15) is 0 Å². The minimum Gasteiger partial charge on any atom is -0.448 e. The second-order valence-corrected chi connectivity index (χ2v) is 5.06. The highest BCUT2D eigenvalue weighted by atomic mass is 16.7. The third-order valence-electron chi connectivity index (χ3n) is 3.23. The summed E-state index contributed by atoms with van der Waals surface area (Å²) in [5.41, 5.74) is 1.69. The van der Waals surface area contributed by atoms with Crippen molar-refractivity contribution in [1.82, 2.24) is 9.97 Å². The lowest BCUT2D eigenvalue weighted by Crippen LogP contribution is -2.29. The summed E-state index contributed by atoms with van der Waals surface area (Å²) in [7, 11) is 0. The molecule has 4 rings (SSSR count). The van der Waals surface area contributed by atoms with Crippen LogP contribution in [0.2, 0.25) is 0 Å². The van der Waals surface area contributed by atoms with E-state index in [1.165, 1.54) is 0 Å². The van der Waals surface area contributed by atoms with Gasteiger partial charge >= 0.3 is 0 Å². The Morgan fingerprint density at radius 1 is 0.842 bits per heavy atom. The molecule has 0 saturated heterocycles. The van der Waals surface area contributed by atoms with Gasteiger partial charge in [0.15, 0.2) is 11.5 Å². The second kappa shape index (κ2) is 3.35. The Labute approximate surface area is 110 Å². The Bertz CT molecular complexity index is 745. The average molecular weight is 252 g/mol. The van der Waals surface area contributed by atoms with Crippen molar-refractivity contribution in [3.63, 3.8) is 0 Å². The summed E-state index contributed by atoms with van der Waals surface area (Å²) in [4.78, 5) is 8.87. The maximum Gasteiger partial charge on any atom is 0.246 e. The molecule has 0 unspecified atom stereocenters. The van der Waals surface area contributed by atoms with Gasteiger partial charge in [-0.15, -0.1) is 0 Å². The molecule has 0 saturated carbocycles. The van der Waals surface area contributed by atoms with Crippen molar-refractivity contribution in [2.24, 2.45) is 0 Å². The van der Waals surface area contributed by atoms with Crippen molar-refractivity contribution in [2.75, 3.05) is 0 Å². The van der Waals surface area contributed by atoms with Crippen LogP contribution in [0.25, 0.3) is 21.8 Å². The molecule has 19 heavy (non-hydrogen) atoms. The first-order valence-corrected chi connectivity index (χ1v) is 6.19. The summed E-state index contributed by atoms with van der Waals surface area (Å²) in [5, 5.41) is 1.88. The fourth-order valence-corrected chi connectivity index (χ4v) is 2.51. The van der Waals surface area contributed by atoms with E-state index in [1.807, 2.05) is 38.1 Å². The second-order valence-electron chi connectivity index (χ2n) is 5.06. The molecule has 94 valence electrons. The summed E-state index contributed by atoms with van der Waals surface area (Å²) < 4.78 is 11.9. The molecule has 4 heteroatoms. The molecular formula is C15H12N2O2. The first-order chi connectivity index (χ1) is 9.16. The first kappa shape index (κ1) is 10.6. The van der Waals surface area contributed by atoms with Crippen LogP contribution in [-0.4, -0.2) is 15.8 Å². The Balaban J connectivity index is 2.24. The van der Waals surface area contributed by atoms with E-state index in [-0.39, 0.29) is 0 Å². The van der Waals surface area contributed by atoms with Crippen molar-refractivity contribution >= 4 is 21.8 Å². The highest BCUT2D eigenvalue weighted by molar-refractivity contribution is 6.10. The third-order valence-corrected chi connectivity index (χ3v) is 3.23. The lowest BCUT2D eigenvalue weighted by atomic mass is 10.1. The van der Waals surface area contributed by atoms with Gasteiger partial charge in [0.05, 0.1) is 0 Å². The molecule has 1 aliphatic heterocycles. The third kappa shape index (κ3) is 1.40. The van der Waals surface area contributed by atoms with Crippen LogP contribution in [0.5, 0.6) is 11.5 Å².